The van der Waals surface area contributed by atoms with Crippen LogP contribution in [0.4, 0.5) is 4.39 Å². The minimum absolute atomic E-state index is 0.00680. The zero-order valence-electron chi connectivity index (χ0n) is 20.0. The van der Waals surface area contributed by atoms with Crippen LogP contribution in [0.3, 0.4) is 0 Å². The van der Waals surface area contributed by atoms with Gasteiger partial charge >= 0.3 is 0 Å². The fourth-order valence-electron chi connectivity index (χ4n) is 5.38. The van der Waals surface area contributed by atoms with Gasteiger partial charge < -0.3 is 10.2 Å². The van der Waals surface area contributed by atoms with Gasteiger partial charge in [0.2, 0.25) is 0 Å². The average Bonchev–Trinajstić information content (AvgIpc) is 2.88. The van der Waals surface area contributed by atoms with Gasteiger partial charge in [0.15, 0.2) is 0 Å². The van der Waals surface area contributed by atoms with Gasteiger partial charge in [-0.2, -0.15) is 0 Å². The number of benzene rings is 2. The van der Waals surface area contributed by atoms with Crippen molar-refractivity contribution in [3.63, 3.8) is 0 Å². The second-order valence-corrected chi connectivity index (χ2v) is 9.58. The third-order valence-corrected chi connectivity index (χ3v) is 7.22. The van der Waals surface area contributed by atoms with Crippen molar-refractivity contribution >= 4 is 11.8 Å². The molecule has 0 spiro atoms. The fourth-order valence-corrected chi connectivity index (χ4v) is 5.38. The lowest BCUT2D eigenvalue weighted by atomic mass is 9.87. The Labute approximate surface area is 205 Å². The van der Waals surface area contributed by atoms with E-state index in [2.05, 4.69) is 23.5 Å². The third-order valence-electron chi connectivity index (χ3n) is 7.22. The molecule has 1 N–H and O–H groups in total. The van der Waals surface area contributed by atoms with Crippen molar-refractivity contribution in [1.82, 2.24) is 15.2 Å². The van der Waals surface area contributed by atoms with Gasteiger partial charge in [-0.3, -0.25) is 14.6 Å². The van der Waals surface area contributed by atoms with Crippen LogP contribution in [-0.2, 0) is 6.42 Å². The van der Waals surface area contributed by atoms with Gasteiger partial charge in [0.1, 0.15) is 5.82 Å². The van der Waals surface area contributed by atoms with Crippen LogP contribution in [-0.4, -0.2) is 34.8 Å². The number of aromatic nitrogens is 1. The van der Waals surface area contributed by atoms with Crippen LogP contribution in [0.15, 0.2) is 60.7 Å². The van der Waals surface area contributed by atoms with E-state index in [0.29, 0.717) is 37.1 Å². The number of likely N-dealkylation sites (tertiary alicyclic amines) is 1. The number of hydrogen-bond donors (Lipinski definition) is 1. The number of fused-ring (bicyclic) bond motifs is 1. The summed E-state index contributed by atoms with van der Waals surface area (Å²) in [6, 6.07) is 17.9. The molecule has 1 saturated heterocycles. The Hall–Kier alpha value is -3.54. The number of aryl methyl sites for hydroxylation is 2. The molecule has 2 aromatic carbocycles. The zero-order chi connectivity index (χ0) is 24.4. The first-order valence-corrected chi connectivity index (χ1v) is 12.4. The summed E-state index contributed by atoms with van der Waals surface area (Å²) < 4.78 is 13.6. The Balaban J connectivity index is 1.31. The number of amides is 2. The van der Waals surface area contributed by atoms with Crippen molar-refractivity contribution in [2.75, 3.05) is 13.1 Å². The number of nitrogens with zero attached hydrogens (tertiary/aromatic N) is 2. The van der Waals surface area contributed by atoms with Gasteiger partial charge in [0.05, 0.1) is 17.3 Å². The van der Waals surface area contributed by atoms with E-state index in [9.17, 15) is 14.0 Å². The number of rotatable bonds is 4. The summed E-state index contributed by atoms with van der Waals surface area (Å²) in [6.45, 7) is 3.03. The Morgan fingerprint density at radius 1 is 1.00 bits per heavy atom. The molecule has 0 radical (unpaired) electrons. The molecule has 35 heavy (non-hydrogen) atoms. The van der Waals surface area contributed by atoms with Crippen molar-refractivity contribution in [1.29, 1.82) is 0 Å². The molecule has 2 amide bonds. The predicted molar refractivity (Wildman–Crippen MR) is 133 cm³/mol. The number of carbonyl (C=O) groups is 2. The van der Waals surface area contributed by atoms with Crippen molar-refractivity contribution in [3.05, 3.63) is 100 Å². The molecule has 1 aromatic heterocycles. The lowest BCUT2D eigenvalue weighted by Crippen LogP contribution is -2.39. The van der Waals surface area contributed by atoms with E-state index in [1.807, 2.05) is 25.1 Å². The highest BCUT2D eigenvalue weighted by molar-refractivity contribution is 5.96. The van der Waals surface area contributed by atoms with E-state index >= 15 is 0 Å². The zero-order valence-corrected chi connectivity index (χ0v) is 20.0. The molecule has 5 rings (SSSR count). The smallest absolute Gasteiger partial charge is 0.253 e. The SMILES string of the molecule is Cc1ccc(C(=O)NC2CCCc3ccccc32)c(C2CCN(C(=O)c3cccc(F)c3)CC2)n1. The van der Waals surface area contributed by atoms with E-state index < -0.39 is 5.82 Å². The molecule has 6 heteroatoms. The van der Waals surface area contributed by atoms with Crippen molar-refractivity contribution in [2.45, 2.75) is 51.0 Å². The summed E-state index contributed by atoms with van der Waals surface area (Å²) in [4.78, 5) is 32.8. The number of piperidine rings is 1. The summed E-state index contributed by atoms with van der Waals surface area (Å²) in [5.41, 5.74) is 5.18. The van der Waals surface area contributed by atoms with Gasteiger partial charge in [-0.15, -0.1) is 0 Å². The number of nitrogens with one attached hydrogen (secondary N) is 1. The molecule has 1 aliphatic carbocycles. The van der Waals surface area contributed by atoms with Gasteiger partial charge in [-0.1, -0.05) is 30.3 Å². The second-order valence-electron chi connectivity index (χ2n) is 9.58. The van der Waals surface area contributed by atoms with Gasteiger partial charge in [-0.25, -0.2) is 4.39 Å². The quantitative estimate of drug-likeness (QED) is 0.558. The molecule has 1 aliphatic heterocycles. The number of pyridine rings is 1. The van der Waals surface area contributed by atoms with E-state index in [1.54, 1.807) is 17.0 Å². The molecule has 180 valence electrons. The molecule has 1 fully saturated rings. The largest absolute Gasteiger partial charge is 0.345 e. The summed E-state index contributed by atoms with van der Waals surface area (Å²) in [5.74, 6) is -0.571. The summed E-state index contributed by atoms with van der Waals surface area (Å²) in [5, 5.41) is 3.27. The first-order chi connectivity index (χ1) is 17.0. The van der Waals surface area contributed by atoms with Crippen LogP contribution in [0.2, 0.25) is 0 Å². The monoisotopic (exact) mass is 471 g/mol. The van der Waals surface area contributed by atoms with Crippen LogP contribution in [0.5, 0.6) is 0 Å². The van der Waals surface area contributed by atoms with Crippen molar-refractivity contribution < 1.29 is 14.0 Å². The van der Waals surface area contributed by atoms with E-state index in [0.717, 1.165) is 30.7 Å². The lowest BCUT2D eigenvalue weighted by Gasteiger charge is -2.33. The standard InChI is InChI=1S/C29H30FN3O2/c1-19-12-13-25(28(34)32-26-11-5-7-20-6-2-3-10-24(20)26)27(31-19)21-14-16-33(17-15-21)29(35)22-8-4-9-23(30)18-22/h2-4,6,8-10,12-13,18,21,26H,5,7,11,14-17H2,1H3,(H,32,34). The van der Waals surface area contributed by atoms with Crippen LogP contribution in [0.25, 0.3) is 0 Å². The number of carbonyl (C=O) groups excluding carboxylic acids is 2. The van der Waals surface area contributed by atoms with E-state index in [-0.39, 0.29) is 23.8 Å². The summed E-state index contributed by atoms with van der Waals surface area (Å²) >= 11 is 0. The van der Waals surface area contributed by atoms with Crippen molar-refractivity contribution in [2.24, 2.45) is 0 Å². The Morgan fingerprint density at radius 3 is 2.60 bits per heavy atom. The molecular weight excluding hydrogens is 441 g/mol. The maximum Gasteiger partial charge on any atom is 0.253 e. The molecule has 0 bridgehead atoms. The summed E-state index contributed by atoms with van der Waals surface area (Å²) in [7, 11) is 0. The molecule has 2 heterocycles. The highest BCUT2D eigenvalue weighted by Crippen LogP contribution is 2.32. The fraction of sp³-hybridized carbons (Fsp3) is 0.345. The predicted octanol–water partition coefficient (Wildman–Crippen LogP) is 5.36. The minimum Gasteiger partial charge on any atom is -0.345 e. The van der Waals surface area contributed by atoms with Crippen LogP contribution < -0.4 is 5.32 Å². The highest BCUT2D eigenvalue weighted by Gasteiger charge is 2.30. The average molecular weight is 472 g/mol. The minimum atomic E-state index is -0.411. The van der Waals surface area contributed by atoms with Gasteiger partial charge in [0, 0.05) is 30.3 Å². The van der Waals surface area contributed by atoms with Crippen LogP contribution >= 0.6 is 0 Å². The molecule has 1 atom stereocenters. The maximum absolute atomic E-state index is 13.6. The number of halogens is 1. The molecular formula is C29H30FN3O2. The Kier molecular flexibility index (Phi) is 6.62. The van der Waals surface area contributed by atoms with Crippen LogP contribution in [0.1, 0.15) is 80.9 Å². The maximum atomic E-state index is 13.6. The summed E-state index contributed by atoms with van der Waals surface area (Å²) in [6.07, 6.45) is 4.46. The topological polar surface area (TPSA) is 62.3 Å². The molecule has 3 aromatic rings. The highest BCUT2D eigenvalue weighted by atomic mass is 19.1. The van der Waals surface area contributed by atoms with Crippen LogP contribution in [0, 0.1) is 12.7 Å². The van der Waals surface area contributed by atoms with Crippen molar-refractivity contribution in [3.8, 4) is 0 Å². The molecule has 2 aliphatic rings. The Bertz CT molecular complexity index is 1250. The second kappa shape index (κ2) is 9.98. The number of hydrogen-bond acceptors (Lipinski definition) is 3. The molecule has 1 unspecified atom stereocenters. The molecule has 5 nitrogen and oxygen atoms in total. The van der Waals surface area contributed by atoms with E-state index in [1.165, 1.54) is 23.3 Å². The third kappa shape index (κ3) is 4.97. The van der Waals surface area contributed by atoms with E-state index in [4.69, 9.17) is 4.98 Å². The normalized spacial score (nSPS) is 18.1. The lowest BCUT2D eigenvalue weighted by molar-refractivity contribution is 0.0709. The first-order valence-electron chi connectivity index (χ1n) is 12.4. The molecule has 0 saturated carbocycles. The van der Waals surface area contributed by atoms with Gasteiger partial charge in [0.25, 0.3) is 11.8 Å². The van der Waals surface area contributed by atoms with Gasteiger partial charge in [-0.05, 0) is 80.5 Å². The first kappa shape index (κ1) is 23.2. The Morgan fingerprint density at radius 2 is 1.80 bits per heavy atom.